The average molecular weight is 333 g/mol. The highest BCUT2D eigenvalue weighted by Gasteiger charge is 2.22. The number of rotatable bonds is 9. The summed E-state index contributed by atoms with van der Waals surface area (Å²) >= 11 is 1.77. The third kappa shape index (κ3) is 4.45. The molecule has 0 bridgehead atoms. The molecule has 1 amide bonds. The molecule has 2 N–H and O–H groups in total. The second-order valence-corrected chi connectivity index (χ2v) is 6.95. The van der Waals surface area contributed by atoms with Gasteiger partial charge in [-0.1, -0.05) is 6.07 Å². The van der Waals surface area contributed by atoms with Gasteiger partial charge in [-0.3, -0.25) is 9.20 Å². The second kappa shape index (κ2) is 7.79. The standard InChI is InChI=1S/C16H23N5OS/c1-23-9-7-13(18-15(22)11-17-10-12-5-6-12)16-20-19-14-4-2-3-8-21(14)16/h2-4,8,12-13,17H,5-7,9-11H2,1H3,(H,18,22). The van der Waals surface area contributed by atoms with Crippen LogP contribution in [-0.4, -0.2) is 45.6 Å². The Labute approximate surface area is 140 Å². The number of thioether (sulfide) groups is 1. The first-order chi connectivity index (χ1) is 11.3. The fourth-order valence-corrected chi connectivity index (χ4v) is 3.03. The number of hydrogen-bond acceptors (Lipinski definition) is 5. The highest BCUT2D eigenvalue weighted by atomic mass is 32.2. The third-order valence-corrected chi connectivity index (χ3v) is 4.66. The van der Waals surface area contributed by atoms with Gasteiger partial charge < -0.3 is 10.6 Å². The van der Waals surface area contributed by atoms with E-state index < -0.39 is 0 Å². The first-order valence-corrected chi connectivity index (χ1v) is 9.46. The van der Waals surface area contributed by atoms with E-state index in [9.17, 15) is 4.79 Å². The largest absolute Gasteiger partial charge is 0.345 e. The third-order valence-electron chi connectivity index (χ3n) is 4.01. The van der Waals surface area contributed by atoms with Crippen LogP contribution in [0.2, 0.25) is 0 Å². The highest BCUT2D eigenvalue weighted by Crippen LogP contribution is 2.27. The van der Waals surface area contributed by atoms with Crippen molar-refractivity contribution in [2.45, 2.75) is 25.3 Å². The van der Waals surface area contributed by atoms with Crippen LogP contribution >= 0.6 is 11.8 Å². The van der Waals surface area contributed by atoms with E-state index in [1.165, 1.54) is 12.8 Å². The molecule has 2 heterocycles. The molecule has 6 nitrogen and oxygen atoms in total. The lowest BCUT2D eigenvalue weighted by atomic mass is 10.2. The Bertz CT molecular complexity index is 655. The monoisotopic (exact) mass is 333 g/mol. The summed E-state index contributed by atoms with van der Waals surface area (Å²) in [5, 5.41) is 14.8. The average Bonchev–Trinajstić information content (AvgIpc) is 3.28. The number of carbonyl (C=O) groups is 1. The summed E-state index contributed by atoms with van der Waals surface area (Å²) in [5.41, 5.74) is 0.803. The molecular weight excluding hydrogens is 310 g/mol. The number of aromatic nitrogens is 3. The smallest absolute Gasteiger partial charge is 0.234 e. The first kappa shape index (κ1) is 16.3. The van der Waals surface area contributed by atoms with E-state index in [4.69, 9.17) is 0 Å². The number of fused-ring (bicyclic) bond motifs is 1. The van der Waals surface area contributed by atoms with Gasteiger partial charge in [0.15, 0.2) is 11.5 Å². The van der Waals surface area contributed by atoms with E-state index in [1.54, 1.807) is 11.8 Å². The minimum Gasteiger partial charge on any atom is -0.345 e. The van der Waals surface area contributed by atoms with Crippen LogP contribution < -0.4 is 10.6 Å². The molecule has 0 aromatic carbocycles. The van der Waals surface area contributed by atoms with Crippen LogP contribution in [0.15, 0.2) is 24.4 Å². The molecule has 124 valence electrons. The molecule has 0 aliphatic heterocycles. The van der Waals surface area contributed by atoms with Crippen LogP contribution in [0.5, 0.6) is 0 Å². The van der Waals surface area contributed by atoms with Crippen molar-refractivity contribution in [3.63, 3.8) is 0 Å². The van der Waals surface area contributed by atoms with E-state index in [0.717, 1.165) is 36.1 Å². The van der Waals surface area contributed by atoms with Gasteiger partial charge in [0.1, 0.15) is 0 Å². The molecule has 3 rings (SSSR count). The SMILES string of the molecule is CSCCC(NC(=O)CNCC1CC1)c1nnc2ccccn12. The summed E-state index contributed by atoms with van der Waals surface area (Å²) in [6.45, 7) is 1.31. The summed E-state index contributed by atoms with van der Waals surface area (Å²) in [5.74, 6) is 2.55. The van der Waals surface area contributed by atoms with Gasteiger partial charge >= 0.3 is 0 Å². The van der Waals surface area contributed by atoms with E-state index in [-0.39, 0.29) is 11.9 Å². The maximum Gasteiger partial charge on any atom is 0.234 e. The maximum atomic E-state index is 12.2. The molecule has 1 unspecified atom stereocenters. The zero-order valence-corrected chi connectivity index (χ0v) is 14.2. The van der Waals surface area contributed by atoms with Crippen molar-refractivity contribution in [3.05, 3.63) is 30.2 Å². The normalized spacial score (nSPS) is 15.7. The van der Waals surface area contributed by atoms with Gasteiger partial charge in [-0.05, 0) is 55.9 Å². The Kier molecular flexibility index (Phi) is 5.51. The van der Waals surface area contributed by atoms with Gasteiger partial charge in [0.25, 0.3) is 0 Å². The lowest BCUT2D eigenvalue weighted by Gasteiger charge is -2.17. The van der Waals surface area contributed by atoms with Crippen molar-refractivity contribution in [1.82, 2.24) is 25.2 Å². The van der Waals surface area contributed by atoms with Gasteiger partial charge in [-0.25, -0.2) is 0 Å². The molecule has 0 radical (unpaired) electrons. The van der Waals surface area contributed by atoms with Crippen LogP contribution in [0.25, 0.3) is 5.65 Å². The molecule has 0 spiro atoms. The number of pyridine rings is 1. The predicted octanol–water partition coefficient (Wildman–Crippen LogP) is 1.64. The topological polar surface area (TPSA) is 71.3 Å². The lowest BCUT2D eigenvalue weighted by molar-refractivity contribution is -0.121. The molecule has 2 aromatic heterocycles. The van der Waals surface area contributed by atoms with Crippen molar-refractivity contribution in [1.29, 1.82) is 0 Å². The minimum absolute atomic E-state index is 0.0180. The fraction of sp³-hybridized carbons (Fsp3) is 0.562. The van der Waals surface area contributed by atoms with Gasteiger partial charge in [-0.2, -0.15) is 11.8 Å². The predicted molar refractivity (Wildman–Crippen MR) is 92.5 cm³/mol. The van der Waals surface area contributed by atoms with Crippen molar-refractivity contribution < 1.29 is 4.79 Å². The number of nitrogens with one attached hydrogen (secondary N) is 2. The van der Waals surface area contributed by atoms with E-state index in [2.05, 4.69) is 27.1 Å². The zero-order chi connectivity index (χ0) is 16.1. The molecule has 2 aromatic rings. The molecule has 1 aliphatic carbocycles. The Morgan fingerprint density at radius 3 is 3.09 bits per heavy atom. The van der Waals surface area contributed by atoms with E-state index >= 15 is 0 Å². The molecule has 1 atom stereocenters. The van der Waals surface area contributed by atoms with Crippen molar-refractivity contribution in [3.8, 4) is 0 Å². The van der Waals surface area contributed by atoms with Crippen LogP contribution in [-0.2, 0) is 4.79 Å². The minimum atomic E-state index is -0.116. The molecule has 1 saturated carbocycles. The molecule has 7 heteroatoms. The first-order valence-electron chi connectivity index (χ1n) is 8.06. The quantitative estimate of drug-likeness (QED) is 0.730. The zero-order valence-electron chi connectivity index (χ0n) is 13.4. The van der Waals surface area contributed by atoms with Gasteiger partial charge in [-0.15, -0.1) is 10.2 Å². The summed E-state index contributed by atoms with van der Waals surface area (Å²) in [6, 6.07) is 5.69. The fourth-order valence-electron chi connectivity index (χ4n) is 2.56. The Morgan fingerprint density at radius 2 is 2.30 bits per heavy atom. The summed E-state index contributed by atoms with van der Waals surface area (Å²) in [6.07, 6.45) is 7.42. The summed E-state index contributed by atoms with van der Waals surface area (Å²) in [4.78, 5) is 12.2. The van der Waals surface area contributed by atoms with Crippen LogP contribution in [0.3, 0.4) is 0 Å². The number of hydrogen-bond donors (Lipinski definition) is 2. The summed E-state index contributed by atoms with van der Waals surface area (Å²) < 4.78 is 1.95. The van der Waals surface area contributed by atoms with E-state index in [0.29, 0.717) is 6.54 Å². The molecule has 0 saturated heterocycles. The number of amides is 1. The molecule has 1 aliphatic rings. The second-order valence-electron chi connectivity index (χ2n) is 5.96. The van der Waals surface area contributed by atoms with Crippen LogP contribution in [0, 0.1) is 5.92 Å². The number of carbonyl (C=O) groups excluding carboxylic acids is 1. The maximum absolute atomic E-state index is 12.2. The Morgan fingerprint density at radius 1 is 1.43 bits per heavy atom. The molecule has 23 heavy (non-hydrogen) atoms. The molecular formula is C16H23N5OS. The van der Waals surface area contributed by atoms with Gasteiger partial charge in [0.2, 0.25) is 5.91 Å². The van der Waals surface area contributed by atoms with Crippen LogP contribution in [0.4, 0.5) is 0 Å². The Balaban J connectivity index is 1.65. The van der Waals surface area contributed by atoms with Gasteiger partial charge in [0.05, 0.1) is 12.6 Å². The highest BCUT2D eigenvalue weighted by molar-refractivity contribution is 7.98. The van der Waals surface area contributed by atoms with E-state index in [1.807, 2.05) is 28.8 Å². The Hall–Kier alpha value is -1.60. The molecule has 1 fully saturated rings. The number of nitrogens with zero attached hydrogens (tertiary/aromatic N) is 3. The van der Waals surface area contributed by atoms with Crippen LogP contribution in [0.1, 0.15) is 31.1 Å². The van der Waals surface area contributed by atoms with Crippen molar-refractivity contribution >= 4 is 23.3 Å². The van der Waals surface area contributed by atoms with Crippen molar-refractivity contribution in [2.75, 3.05) is 25.1 Å². The van der Waals surface area contributed by atoms with Gasteiger partial charge in [0, 0.05) is 6.20 Å². The lowest BCUT2D eigenvalue weighted by Crippen LogP contribution is -2.37. The summed E-state index contributed by atoms with van der Waals surface area (Å²) in [7, 11) is 0. The van der Waals surface area contributed by atoms with Crippen molar-refractivity contribution in [2.24, 2.45) is 5.92 Å².